The van der Waals surface area contributed by atoms with Crippen molar-refractivity contribution in [2.45, 2.75) is 44.7 Å². The molecule has 1 aromatic heterocycles. The maximum atomic E-state index is 12.2. The minimum Gasteiger partial charge on any atom is -0.365 e. The molecule has 1 saturated carbocycles. The van der Waals surface area contributed by atoms with Crippen LogP contribution in [0.2, 0.25) is 0 Å². The third-order valence-corrected chi connectivity index (χ3v) is 4.15. The molecule has 2 aromatic rings. The van der Waals surface area contributed by atoms with E-state index in [2.05, 4.69) is 20.8 Å². The van der Waals surface area contributed by atoms with E-state index in [0.717, 1.165) is 12.8 Å². The first-order valence-corrected chi connectivity index (χ1v) is 8.23. The lowest BCUT2D eigenvalue weighted by Gasteiger charge is -2.22. The molecular weight excluding hydrogens is 288 g/mol. The van der Waals surface area contributed by atoms with Gasteiger partial charge in [0.2, 0.25) is 0 Å². The highest BCUT2D eigenvalue weighted by Crippen LogP contribution is 2.17. The smallest absolute Gasteiger partial charge is 0.272 e. The SMILES string of the molecule is O=C(NC1CCCCC1)c1ccc(NCc2ccccc2)nn1. The van der Waals surface area contributed by atoms with Crippen LogP contribution < -0.4 is 10.6 Å². The lowest BCUT2D eigenvalue weighted by atomic mass is 9.95. The topological polar surface area (TPSA) is 66.9 Å². The molecule has 1 aliphatic carbocycles. The Labute approximate surface area is 136 Å². The zero-order valence-electron chi connectivity index (χ0n) is 13.2. The van der Waals surface area contributed by atoms with Crippen molar-refractivity contribution in [3.63, 3.8) is 0 Å². The number of benzene rings is 1. The van der Waals surface area contributed by atoms with E-state index in [1.165, 1.54) is 24.8 Å². The van der Waals surface area contributed by atoms with Crippen molar-refractivity contribution in [1.82, 2.24) is 15.5 Å². The normalized spacial score (nSPS) is 15.1. The van der Waals surface area contributed by atoms with Gasteiger partial charge in [-0.25, -0.2) is 0 Å². The van der Waals surface area contributed by atoms with Gasteiger partial charge in [0.1, 0.15) is 5.82 Å². The number of hydrogen-bond donors (Lipinski definition) is 2. The number of rotatable bonds is 5. The third kappa shape index (κ3) is 4.52. The van der Waals surface area contributed by atoms with Gasteiger partial charge in [-0.15, -0.1) is 10.2 Å². The summed E-state index contributed by atoms with van der Waals surface area (Å²) in [6, 6.07) is 13.9. The first kappa shape index (κ1) is 15.5. The molecule has 3 rings (SSSR count). The zero-order valence-corrected chi connectivity index (χ0v) is 13.2. The van der Waals surface area contributed by atoms with Crippen molar-refractivity contribution in [3.05, 3.63) is 53.7 Å². The molecule has 0 aliphatic heterocycles. The number of nitrogens with zero attached hydrogens (tertiary/aromatic N) is 2. The van der Waals surface area contributed by atoms with E-state index in [0.29, 0.717) is 18.1 Å². The highest BCUT2D eigenvalue weighted by atomic mass is 16.2. The van der Waals surface area contributed by atoms with Gasteiger partial charge in [0, 0.05) is 12.6 Å². The number of carbonyl (C=O) groups excluding carboxylic acids is 1. The second-order valence-corrected chi connectivity index (χ2v) is 5.95. The summed E-state index contributed by atoms with van der Waals surface area (Å²) >= 11 is 0. The van der Waals surface area contributed by atoms with Crippen LogP contribution in [-0.4, -0.2) is 22.1 Å². The summed E-state index contributed by atoms with van der Waals surface area (Å²) in [7, 11) is 0. The van der Waals surface area contributed by atoms with Crippen LogP contribution in [0.25, 0.3) is 0 Å². The fourth-order valence-corrected chi connectivity index (χ4v) is 2.84. The Morgan fingerprint density at radius 3 is 2.48 bits per heavy atom. The van der Waals surface area contributed by atoms with E-state index < -0.39 is 0 Å². The van der Waals surface area contributed by atoms with Crippen LogP contribution in [0.1, 0.15) is 48.2 Å². The van der Waals surface area contributed by atoms with Gasteiger partial charge in [0.05, 0.1) is 0 Å². The molecule has 5 heteroatoms. The van der Waals surface area contributed by atoms with Crippen LogP contribution >= 0.6 is 0 Å². The van der Waals surface area contributed by atoms with Crippen LogP contribution in [0.4, 0.5) is 5.82 Å². The molecule has 0 saturated heterocycles. The van der Waals surface area contributed by atoms with Crippen molar-refractivity contribution < 1.29 is 4.79 Å². The quantitative estimate of drug-likeness (QED) is 0.890. The molecular formula is C18H22N4O. The molecule has 1 amide bonds. The van der Waals surface area contributed by atoms with Gasteiger partial charge in [0.25, 0.3) is 5.91 Å². The Bertz CT molecular complexity index is 621. The third-order valence-electron chi connectivity index (χ3n) is 4.15. The predicted octanol–water partition coefficient (Wildman–Crippen LogP) is 3.15. The van der Waals surface area contributed by atoms with Crippen LogP contribution in [0.5, 0.6) is 0 Å². The largest absolute Gasteiger partial charge is 0.365 e. The average molecular weight is 310 g/mol. The van der Waals surface area contributed by atoms with Crippen molar-refractivity contribution >= 4 is 11.7 Å². The summed E-state index contributed by atoms with van der Waals surface area (Å²) in [6.07, 6.45) is 5.79. The van der Waals surface area contributed by atoms with E-state index >= 15 is 0 Å². The van der Waals surface area contributed by atoms with E-state index in [9.17, 15) is 4.79 Å². The Balaban J connectivity index is 1.52. The molecule has 23 heavy (non-hydrogen) atoms. The van der Waals surface area contributed by atoms with Crippen molar-refractivity contribution in [1.29, 1.82) is 0 Å². The minimum absolute atomic E-state index is 0.126. The Morgan fingerprint density at radius 1 is 1.00 bits per heavy atom. The average Bonchev–Trinajstić information content (AvgIpc) is 2.62. The van der Waals surface area contributed by atoms with Crippen molar-refractivity contribution in [3.8, 4) is 0 Å². The highest BCUT2D eigenvalue weighted by molar-refractivity contribution is 5.92. The minimum atomic E-state index is -0.126. The lowest BCUT2D eigenvalue weighted by molar-refractivity contribution is 0.0921. The zero-order chi connectivity index (χ0) is 15.9. The molecule has 0 bridgehead atoms. The number of anilines is 1. The van der Waals surface area contributed by atoms with Crippen LogP contribution in [0.3, 0.4) is 0 Å². The fourth-order valence-electron chi connectivity index (χ4n) is 2.84. The predicted molar refractivity (Wildman–Crippen MR) is 90.1 cm³/mol. The van der Waals surface area contributed by atoms with Gasteiger partial charge < -0.3 is 10.6 Å². The van der Waals surface area contributed by atoms with E-state index in [1.54, 1.807) is 12.1 Å². The number of nitrogens with one attached hydrogen (secondary N) is 2. The summed E-state index contributed by atoms with van der Waals surface area (Å²) in [6.45, 7) is 0.684. The van der Waals surface area contributed by atoms with Gasteiger partial charge >= 0.3 is 0 Å². The van der Waals surface area contributed by atoms with Gasteiger partial charge in [-0.2, -0.15) is 0 Å². The molecule has 2 N–H and O–H groups in total. The molecule has 1 aromatic carbocycles. The summed E-state index contributed by atoms with van der Waals surface area (Å²) in [4.78, 5) is 12.2. The summed E-state index contributed by atoms with van der Waals surface area (Å²) in [5.74, 6) is 0.544. The number of carbonyl (C=O) groups is 1. The molecule has 1 heterocycles. The summed E-state index contributed by atoms with van der Waals surface area (Å²) in [5.41, 5.74) is 1.55. The van der Waals surface area contributed by atoms with Crippen molar-refractivity contribution in [2.24, 2.45) is 0 Å². The fraction of sp³-hybridized carbons (Fsp3) is 0.389. The number of aromatic nitrogens is 2. The molecule has 5 nitrogen and oxygen atoms in total. The molecule has 1 fully saturated rings. The van der Waals surface area contributed by atoms with Crippen LogP contribution in [-0.2, 0) is 6.54 Å². The van der Waals surface area contributed by atoms with Gasteiger partial charge in [-0.05, 0) is 30.5 Å². The first-order valence-electron chi connectivity index (χ1n) is 8.23. The number of amides is 1. The van der Waals surface area contributed by atoms with Crippen molar-refractivity contribution in [2.75, 3.05) is 5.32 Å². The first-order chi connectivity index (χ1) is 11.3. The Hall–Kier alpha value is -2.43. The van der Waals surface area contributed by atoms with Crippen LogP contribution in [0.15, 0.2) is 42.5 Å². The molecule has 0 atom stereocenters. The Kier molecular flexibility index (Phi) is 5.19. The van der Waals surface area contributed by atoms with Gasteiger partial charge in [-0.3, -0.25) is 4.79 Å². The second kappa shape index (κ2) is 7.72. The van der Waals surface area contributed by atoms with E-state index in [-0.39, 0.29) is 11.9 Å². The maximum absolute atomic E-state index is 12.2. The lowest BCUT2D eigenvalue weighted by Crippen LogP contribution is -2.36. The molecule has 0 radical (unpaired) electrons. The summed E-state index contributed by atoms with van der Waals surface area (Å²) < 4.78 is 0. The maximum Gasteiger partial charge on any atom is 0.272 e. The Morgan fingerprint density at radius 2 is 1.78 bits per heavy atom. The standard InChI is InChI=1S/C18H22N4O/c23-18(20-15-9-5-2-6-10-15)16-11-12-17(22-21-16)19-13-14-7-3-1-4-8-14/h1,3-4,7-8,11-12,15H,2,5-6,9-10,13H2,(H,19,22)(H,20,23). The van der Waals surface area contributed by atoms with Gasteiger partial charge in [0.15, 0.2) is 5.69 Å². The summed E-state index contributed by atoms with van der Waals surface area (Å²) in [5, 5.41) is 14.4. The molecule has 1 aliphatic rings. The van der Waals surface area contributed by atoms with E-state index in [4.69, 9.17) is 0 Å². The van der Waals surface area contributed by atoms with Gasteiger partial charge in [-0.1, -0.05) is 49.6 Å². The monoisotopic (exact) mass is 310 g/mol. The van der Waals surface area contributed by atoms with E-state index in [1.807, 2.05) is 30.3 Å². The van der Waals surface area contributed by atoms with Crippen LogP contribution in [0, 0.1) is 0 Å². The molecule has 0 unspecified atom stereocenters. The highest BCUT2D eigenvalue weighted by Gasteiger charge is 2.17. The molecule has 120 valence electrons. The number of hydrogen-bond acceptors (Lipinski definition) is 4. The molecule has 0 spiro atoms. The second-order valence-electron chi connectivity index (χ2n) is 5.95.